The molecule has 6 nitrogen and oxygen atoms in total. The molecule has 6 heteroatoms. The molecule has 1 aliphatic carbocycles. The molecule has 1 aromatic heterocycles. The number of anilines is 2. The van der Waals surface area contributed by atoms with Crippen molar-refractivity contribution in [1.29, 1.82) is 0 Å². The Labute approximate surface area is 163 Å². The van der Waals surface area contributed by atoms with Crippen molar-refractivity contribution in [3.8, 4) is 11.3 Å². The molecule has 4 rings (SSSR count). The number of hydrogen-bond donors (Lipinski definition) is 3. The van der Waals surface area contributed by atoms with E-state index in [9.17, 15) is 4.79 Å². The number of carbonyl (C=O) groups is 1. The molecule has 0 atom stereocenters. The minimum atomic E-state index is -0.0430. The van der Waals surface area contributed by atoms with Crippen LogP contribution in [0.3, 0.4) is 0 Å². The quantitative estimate of drug-likeness (QED) is 0.614. The van der Waals surface area contributed by atoms with Crippen molar-refractivity contribution in [2.45, 2.75) is 18.9 Å². The number of nitrogens with one attached hydrogen (secondary N) is 2. The average molecular weight is 371 g/mol. The molecule has 0 saturated heterocycles. The summed E-state index contributed by atoms with van der Waals surface area (Å²) in [7, 11) is 0. The van der Waals surface area contributed by atoms with E-state index < -0.39 is 0 Å². The normalized spacial score (nSPS) is 13.0. The fourth-order valence-electron chi connectivity index (χ4n) is 2.80. The lowest BCUT2D eigenvalue weighted by Crippen LogP contribution is -2.25. The maximum atomic E-state index is 12.1. The van der Waals surface area contributed by atoms with E-state index in [0.717, 1.165) is 24.1 Å². The van der Waals surface area contributed by atoms with Gasteiger partial charge >= 0.3 is 0 Å². The molecule has 4 N–H and O–H groups in total. The Bertz CT molecular complexity index is 1010. The second-order valence-corrected chi connectivity index (χ2v) is 6.78. The number of para-hydroxylation sites is 1. The summed E-state index contributed by atoms with van der Waals surface area (Å²) in [5.41, 5.74) is 10.1. The van der Waals surface area contributed by atoms with Crippen LogP contribution in [0.4, 0.5) is 11.5 Å². The number of nitrogens with zero attached hydrogens (tertiary/aromatic N) is 2. The van der Waals surface area contributed by atoms with Crippen molar-refractivity contribution in [1.82, 2.24) is 15.3 Å². The van der Waals surface area contributed by atoms with Gasteiger partial charge in [0.05, 0.1) is 17.6 Å². The molecule has 3 aromatic rings. The van der Waals surface area contributed by atoms with Crippen LogP contribution in [0.1, 0.15) is 28.9 Å². The molecule has 1 saturated carbocycles. The molecule has 1 aliphatic rings. The highest BCUT2D eigenvalue weighted by Crippen LogP contribution is 2.24. The highest BCUT2D eigenvalue weighted by atomic mass is 16.1. The molecule has 1 heterocycles. The Morgan fingerprint density at radius 3 is 2.46 bits per heavy atom. The second kappa shape index (κ2) is 7.52. The highest BCUT2D eigenvalue weighted by molar-refractivity contribution is 5.95. The molecular weight excluding hydrogens is 350 g/mol. The van der Waals surface area contributed by atoms with Crippen molar-refractivity contribution in [2.75, 3.05) is 11.1 Å². The van der Waals surface area contributed by atoms with Gasteiger partial charge in [-0.1, -0.05) is 36.9 Å². The standard InChI is InChI=1S/C22H21N5O/c1-14(25-17-5-3-2-4-6-17)20-21(23)24-13-19(27-20)15-7-9-16(10-8-15)22(28)26-18-11-12-18/h2-10,13,18,25H,1,11-12H2,(H2,23,24)(H,26,28). The highest BCUT2D eigenvalue weighted by Gasteiger charge is 2.23. The summed E-state index contributed by atoms with van der Waals surface area (Å²) < 4.78 is 0. The molecule has 0 bridgehead atoms. The number of aromatic nitrogens is 2. The SMILES string of the molecule is C=C(Nc1ccccc1)c1nc(-c2ccc(C(=O)NC3CC3)cc2)cnc1N. The Morgan fingerprint density at radius 1 is 1.07 bits per heavy atom. The van der Waals surface area contributed by atoms with Crippen LogP contribution in [0.15, 0.2) is 67.4 Å². The van der Waals surface area contributed by atoms with Crippen LogP contribution in [-0.2, 0) is 0 Å². The second-order valence-electron chi connectivity index (χ2n) is 6.78. The number of benzene rings is 2. The number of hydrogen-bond acceptors (Lipinski definition) is 5. The first-order chi connectivity index (χ1) is 13.6. The monoisotopic (exact) mass is 371 g/mol. The van der Waals surface area contributed by atoms with E-state index in [-0.39, 0.29) is 5.91 Å². The Morgan fingerprint density at radius 2 is 1.79 bits per heavy atom. The lowest BCUT2D eigenvalue weighted by molar-refractivity contribution is 0.0951. The summed E-state index contributed by atoms with van der Waals surface area (Å²) in [5, 5.41) is 6.18. The zero-order valence-electron chi connectivity index (χ0n) is 15.4. The van der Waals surface area contributed by atoms with Gasteiger partial charge in [-0.15, -0.1) is 0 Å². The number of amides is 1. The van der Waals surface area contributed by atoms with Crippen LogP contribution in [0, 0.1) is 0 Å². The maximum Gasteiger partial charge on any atom is 0.251 e. The van der Waals surface area contributed by atoms with Gasteiger partial charge in [-0.05, 0) is 37.1 Å². The smallest absolute Gasteiger partial charge is 0.251 e. The third-order valence-corrected chi connectivity index (χ3v) is 4.51. The third-order valence-electron chi connectivity index (χ3n) is 4.51. The molecule has 0 spiro atoms. The van der Waals surface area contributed by atoms with E-state index in [1.807, 2.05) is 42.5 Å². The van der Waals surface area contributed by atoms with E-state index in [1.54, 1.807) is 18.3 Å². The van der Waals surface area contributed by atoms with Crippen LogP contribution < -0.4 is 16.4 Å². The summed E-state index contributed by atoms with van der Waals surface area (Å²) in [6, 6.07) is 17.3. The van der Waals surface area contributed by atoms with E-state index in [4.69, 9.17) is 5.73 Å². The molecule has 2 aromatic carbocycles. The average Bonchev–Trinajstić information content (AvgIpc) is 3.53. The van der Waals surface area contributed by atoms with Crippen molar-refractivity contribution >= 4 is 23.1 Å². The number of rotatable bonds is 6. The van der Waals surface area contributed by atoms with Crippen LogP contribution in [-0.4, -0.2) is 21.9 Å². The van der Waals surface area contributed by atoms with Gasteiger partial charge in [0.15, 0.2) is 5.82 Å². The van der Waals surface area contributed by atoms with Gasteiger partial charge in [-0.2, -0.15) is 0 Å². The van der Waals surface area contributed by atoms with Gasteiger partial charge < -0.3 is 16.4 Å². The summed E-state index contributed by atoms with van der Waals surface area (Å²) in [6.45, 7) is 4.04. The number of carbonyl (C=O) groups excluding carboxylic acids is 1. The van der Waals surface area contributed by atoms with Crippen molar-refractivity contribution in [2.24, 2.45) is 0 Å². The van der Waals surface area contributed by atoms with E-state index in [0.29, 0.717) is 34.5 Å². The van der Waals surface area contributed by atoms with E-state index in [1.165, 1.54) is 0 Å². The molecule has 1 fully saturated rings. The zero-order valence-corrected chi connectivity index (χ0v) is 15.4. The number of nitrogens with two attached hydrogens (primary N) is 1. The minimum Gasteiger partial charge on any atom is -0.382 e. The van der Waals surface area contributed by atoms with Gasteiger partial charge in [0.2, 0.25) is 0 Å². The van der Waals surface area contributed by atoms with E-state index in [2.05, 4.69) is 27.2 Å². The lowest BCUT2D eigenvalue weighted by atomic mass is 10.1. The van der Waals surface area contributed by atoms with Gasteiger partial charge in [0.1, 0.15) is 5.69 Å². The molecule has 0 radical (unpaired) electrons. The summed E-state index contributed by atoms with van der Waals surface area (Å²) in [4.78, 5) is 21.0. The summed E-state index contributed by atoms with van der Waals surface area (Å²) in [6.07, 6.45) is 3.75. The first kappa shape index (κ1) is 17.7. The topological polar surface area (TPSA) is 92.9 Å². The summed E-state index contributed by atoms with van der Waals surface area (Å²) >= 11 is 0. The molecule has 140 valence electrons. The minimum absolute atomic E-state index is 0.0430. The van der Waals surface area contributed by atoms with Gasteiger partial charge in [-0.3, -0.25) is 4.79 Å². The predicted molar refractivity (Wildman–Crippen MR) is 111 cm³/mol. The molecule has 1 amide bonds. The van der Waals surface area contributed by atoms with E-state index >= 15 is 0 Å². The Kier molecular flexibility index (Phi) is 4.76. The van der Waals surface area contributed by atoms with Crippen molar-refractivity contribution < 1.29 is 4.79 Å². The van der Waals surface area contributed by atoms with Gasteiger partial charge in [0, 0.05) is 22.9 Å². The van der Waals surface area contributed by atoms with Crippen molar-refractivity contribution in [3.05, 3.63) is 78.6 Å². The number of nitrogen functional groups attached to an aromatic ring is 1. The van der Waals surface area contributed by atoms with Crippen LogP contribution in [0.25, 0.3) is 17.0 Å². The predicted octanol–water partition coefficient (Wildman–Crippen LogP) is 3.70. The van der Waals surface area contributed by atoms with Gasteiger partial charge in [-0.25, -0.2) is 9.97 Å². The zero-order chi connectivity index (χ0) is 19.5. The van der Waals surface area contributed by atoms with Crippen LogP contribution in [0.2, 0.25) is 0 Å². The van der Waals surface area contributed by atoms with Crippen LogP contribution in [0.5, 0.6) is 0 Å². The Balaban J connectivity index is 1.54. The summed E-state index contributed by atoms with van der Waals surface area (Å²) in [5.74, 6) is 0.260. The molecule has 0 unspecified atom stereocenters. The largest absolute Gasteiger partial charge is 0.382 e. The first-order valence-electron chi connectivity index (χ1n) is 9.15. The Hall–Kier alpha value is -3.67. The maximum absolute atomic E-state index is 12.1. The molecule has 28 heavy (non-hydrogen) atoms. The fraction of sp³-hybridized carbons (Fsp3) is 0.136. The first-order valence-corrected chi connectivity index (χ1v) is 9.15. The molecular formula is C22H21N5O. The third kappa shape index (κ3) is 4.01. The lowest BCUT2D eigenvalue weighted by Gasteiger charge is -2.12. The fourth-order valence-corrected chi connectivity index (χ4v) is 2.80. The van der Waals surface area contributed by atoms with Gasteiger partial charge in [0.25, 0.3) is 5.91 Å². The van der Waals surface area contributed by atoms with Crippen LogP contribution >= 0.6 is 0 Å². The van der Waals surface area contributed by atoms with Crippen molar-refractivity contribution in [3.63, 3.8) is 0 Å². The molecule has 0 aliphatic heterocycles.